The van der Waals surface area contributed by atoms with Crippen molar-refractivity contribution in [2.24, 2.45) is 56.7 Å². The van der Waals surface area contributed by atoms with Crippen molar-refractivity contribution in [2.45, 2.75) is 105 Å². The number of aliphatic hydroxyl groups excluding tert-OH is 3. The second-order valence-electron chi connectivity index (χ2n) is 14.5. The Balaban J connectivity index is 1.62. The maximum Gasteiger partial charge on any atom is 0.310 e. The first-order valence-corrected chi connectivity index (χ1v) is 14.1. The van der Waals surface area contributed by atoms with Crippen LogP contribution >= 0.6 is 0 Å². The van der Waals surface area contributed by atoms with Gasteiger partial charge in [0.05, 0.1) is 24.2 Å². The third-order valence-corrected chi connectivity index (χ3v) is 13.5. The van der Waals surface area contributed by atoms with Crippen LogP contribution in [-0.4, -0.2) is 45.2 Å². The van der Waals surface area contributed by atoms with E-state index in [9.17, 15) is 25.2 Å². The molecule has 0 radical (unpaired) electrons. The molecule has 0 spiro atoms. The highest BCUT2D eigenvalue weighted by atomic mass is 16.4. The van der Waals surface area contributed by atoms with Crippen molar-refractivity contribution < 1.29 is 25.2 Å². The van der Waals surface area contributed by atoms with Crippen molar-refractivity contribution in [3.63, 3.8) is 0 Å². The molecule has 35 heavy (non-hydrogen) atoms. The van der Waals surface area contributed by atoms with Crippen LogP contribution in [0.15, 0.2) is 11.6 Å². The summed E-state index contributed by atoms with van der Waals surface area (Å²) in [7, 11) is 0. The summed E-state index contributed by atoms with van der Waals surface area (Å²) in [6.45, 7) is 13.6. The minimum atomic E-state index is -0.907. The number of carbonyl (C=O) groups is 1. The van der Waals surface area contributed by atoms with Crippen LogP contribution in [0.3, 0.4) is 0 Å². The standard InChI is InChI=1S/C30H48O5/c1-17-9-12-30(25(34)35)14-13-28(5)19(23(30)18(17)2)7-8-22-26(3)15-20(32)24(33)27(4,16-31)21(26)10-11-29(22,28)6/h7,17-18,20-24,31-33H,8-16H2,1-6H3,(H,34,35)/t17-,18-,20+,21+,22-,23-,24+,26-,27+,28+,29+,30+/m1/s1. The van der Waals surface area contributed by atoms with Gasteiger partial charge in [0, 0.05) is 5.41 Å². The topological polar surface area (TPSA) is 98.0 Å². The molecule has 5 heteroatoms. The molecule has 4 fully saturated rings. The average Bonchev–Trinajstić information content (AvgIpc) is 2.80. The van der Waals surface area contributed by atoms with Gasteiger partial charge in [0.25, 0.3) is 0 Å². The molecule has 0 bridgehead atoms. The third kappa shape index (κ3) is 2.95. The van der Waals surface area contributed by atoms with Gasteiger partial charge >= 0.3 is 5.97 Å². The fourth-order valence-electron chi connectivity index (χ4n) is 11.0. The van der Waals surface area contributed by atoms with Crippen molar-refractivity contribution >= 4 is 5.97 Å². The van der Waals surface area contributed by atoms with E-state index in [1.807, 2.05) is 6.92 Å². The smallest absolute Gasteiger partial charge is 0.310 e. The summed E-state index contributed by atoms with van der Waals surface area (Å²) in [6.07, 6.45) is 7.51. The number of rotatable bonds is 2. The predicted octanol–water partition coefficient (Wildman–Crippen LogP) is 5.03. The number of aliphatic carboxylic acids is 1. The van der Waals surface area contributed by atoms with Gasteiger partial charge in [-0.2, -0.15) is 0 Å². The molecule has 0 unspecified atom stereocenters. The molecule has 198 valence electrons. The van der Waals surface area contributed by atoms with Crippen molar-refractivity contribution in [1.29, 1.82) is 0 Å². The van der Waals surface area contributed by atoms with Crippen molar-refractivity contribution in [1.82, 2.24) is 0 Å². The van der Waals surface area contributed by atoms with E-state index in [4.69, 9.17) is 0 Å². The normalized spacial score (nSPS) is 57.7. The quantitative estimate of drug-likeness (QED) is 0.409. The summed E-state index contributed by atoms with van der Waals surface area (Å²) in [4.78, 5) is 12.8. The van der Waals surface area contributed by atoms with E-state index in [0.29, 0.717) is 24.2 Å². The number of aliphatic hydroxyl groups is 3. The molecule has 0 aliphatic heterocycles. The zero-order valence-corrected chi connectivity index (χ0v) is 22.7. The Labute approximate surface area is 211 Å². The van der Waals surface area contributed by atoms with Crippen LogP contribution in [0.4, 0.5) is 0 Å². The van der Waals surface area contributed by atoms with Gasteiger partial charge in [-0.3, -0.25) is 4.79 Å². The molecule has 0 aromatic rings. The molecule has 12 atom stereocenters. The van der Waals surface area contributed by atoms with Gasteiger partial charge in [0.2, 0.25) is 0 Å². The molecule has 5 aliphatic rings. The average molecular weight is 489 g/mol. The fourth-order valence-corrected chi connectivity index (χ4v) is 11.0. The lowest BCUT2D eigenvalue weighted by Gasteiger charge is -2.71. The minimum Gasteiger partial charge on any atom is -0.481 e. The monoisotopic (exact) mass is 488 g/mol. The van der Waals surface area contributed by atoms with E-state index in [1.165, 1.54) is 5.57 Å². The Hall–Kier alpha value is -0.910. The fraction of sp³-hybridized carbons (Fsp3) is 0.900. The van der Waals surface area contributed by atoms with Crippen LogP contribution in [-0.2, 0) is 4.79 Å². The SMILES string of the molecule is C[C@@H]1[C@H](C)CC[C@]2(C(=O)O)CC[C@@]3(C)C(=CC[C@@H]4[C@]5(C)C[C@H](O)[C@H](O)[C@@](C)(CO)[C@H]5CC[C@@]43C)[C@@H]12. The Kier molecular flexibility index (Phi) is 5.73. The molecular formula is C30H48O5. The van der Waals surface area contributed by atoms with Crippen molar-refractivity contribution in [3.8, 4) is 0 Å². The summed E-state index contributed by atoms with van der Waals surface area (Å²) < 4.78 is 0. The van der Waals surface area contributed by atoms with E-state index in [1.54, 1.807) is 0 Å². The molecule has 0 aromatic carbocycles. The Bertz CT molecular complexity index is 930. The van der Waals surface area contributed by atoms with Gasteiger partial charge in [-0.05, 0) is 97.2 Å². The van der Waals surface area contributed by atoms with Gasteiger partial charge in [-0.25, -0.2) is 0 Å². The zero-order valence-electron chi connectivity index (χ0n) is 22.7. The number of fused-ring (bicyclic) bond motifs is 7. The highest BCUT2D eigenvalue weighted by Gasteiger charge is 2.70. The molecular weight excluding hydrogens is 440 g/mol. The van der Waals surface area contributed by atoms with E-state index in [2.05, 4.69) is 40.7 Å². The molecule has 0 aromatic heterocycles. The van der Waals surface area contributed by atoms with E-state index in [0.717, 1.165) is 44.9 Å². The molecule has 0 amide bonds. The Morgan fingerprint density at radius 3 is 2.31 bits per heavy atom. The van der Waals surface area contributed by atoms with Gasteiger partial charge < -0.3 is 20.4 Å². The molecule has 0 heterocycles. The molecule has 4 N–H and O–H groups in total. The van der Waals surface area contributed by atoms with Crippen LogP contribution in [0.5, 0.6) is 0 Å². The van der Waals surface area contributed by atoms with Gasteiger partial charge in [-0.1, -0.05) is 53.2 Å². The summed E-state index contributed by atoms with van der Waals surface area (Å²) in [5.41, 5.74) is -0.214. The van der Waals surface area contributed by atoms with Crippen LogP contribution < -0.4 is 0 Å². The van der Waals surface area contributed by atoms with E-state index >= 15 is 0 Å². The van der Waals surface area contributed by atoms with Crippen LogP contribution in [0, 0.1) is 56.7 Å². The summed E-state index contributed by atoms with van der Waals surface area (Å²) >= 11 is 0. The maximum atomic E-state index is 12.8. The second kappa shape index (κ2) is 7.80. The van der Waals surface area contributed by atoms with E-state index in [-0.39, 0.29) is 34.7 Å². The highest BCUT2D eigenvalue weighted by Crippen LogP contribution is 2.75. The molecule has 5 aliphatic carbocycles. The first-order valence-electron chi connectivity index (χ1n) is 14.1. The number of carboxylic acids is 1. The third-order valence-electron chi connectivity index (χ3n) is 13.5. The number of allylic oxidation sites excluding steroid dienone is 2. The lowest BCUT2D eigenvalue weighted by molar-refractivity contribution is -0.244. The molecule has 0 saturated heterocycles. The zero-order chi connectivity index (χ0) is 25.8. The van der Waals surface area contributed by atoms with Crippen LogP contribution in [0.2, 0.25) is 0 Å². The molecule has 5 rings (SSSR count). The summed E-state index contributed by atoms with van der Waals surface area (Å²) in [6, 6.07) is 0. The second-order valence-corrected chi connectivity index (χ2v) is 14.5. The lowest BCUT2D eigenvalue weighted by Crippen LogP contribution is -2.68. The minimum absolute atomic E-state index is 0.00815. The largest absolute Gasteiger partial charge is 0.481 e. The summed E-state index contributed by atoms with van der Waals surface area (Å²) in [5.74, 6) is 0.828. The lowest BCUT2D eigenvalue weighted by atomic mass is 9.33. The Morgan fingerprint density at radius 2 is 1.69 bits per heavy atom. The summed E-state index contributed by atoms with van der Waals surface area (Å²) in [5, 5.41) is 42.9. The predicted molar refractivity (Wildman–Crippen MR) is 135 cm³/mol. The van der Waals surface area contributed by atoms with Crippen molar-refractivity contribution in [2.75, 3.05) is 6.61 Å². The number of hydrogen-bond donors (Lipinski definition) is 4. The first-order chi connectivity index (χ1) is 16.2. The maximum absolute atomic E-state index is 12.8. The first kappa shape index (κ1) is 25.7. The van der Waals surface area contributed by atoms with Gasteiger partial charge in [0.1, 0.15) is 0 Å². The van der Waals surface area contributed by atoms with Gasteiger partial charge in [0.15, 0.2) is 0 Å². The Morgan fingerprint density at radius 1 is 1.00 bits per heavy atom. The molecule has 4 saturated carbocycles. The number of carboxylic acid groups (broad SMARTS) is 1. The van der Waals surface area contributed by atoms with Crippen molar-refractivity contribution in [3.05, 3.63) is 11.6 Å². The molecule has 5 nitrogen and oxygen atoms in total. The van der Waals surface area contributed by atoms with E-state index < -0.39 is 29.0 Å². The van der Waals surface area contributed by atoms with Gasteiger partial charge in [-0.15, -0.1) is 0 Å². The van der Waals surface area contributed by atoms with Crippen LogP contribution in [0.25, 0.3) is 0 Å². The highest BCUT2D eigenvalue weighted by molar-refractivity contribution is 5.76. The number of hydrogen-bond acceptors (Lipinski definition) is 4. The van der Waals surface area contributed by atoms with Crippen LogP contribution in [0.1, 0.15) is 92.9 Å².